The molecule has 3 unspecified atom stereocenters. The summed E-state index contributed by atoms with van der Waals surface area (Å²) in [6, 6.07) is 16.0. The Labute approximate surface area is 235 Å². The summed E-state index contributed by atoms with van der Waals surface area (Å²) in [6.45, 7) is 2.76. The minimum atomic E-state index is -2.14. The third-order valence-corrected chi connectivity index (χ3v) is 16.8. The molecule has 0 N–H and O–H groups in total. The number of hydrogen-bond donors (Lipinski definition) is 0. The molecule has 2 heterocycles. The fourth-order valence-corrected chi connectivity index (χ4v) is 17.6. The van der Waals surface area contributed by atoms with Crippen LogP contribution in [0.4, 0.5) is 0 Å². The van der Waals surface area contributed by atoms with Crippen molar-refractivity contribution in [2.45, 2.75) is 12.2 Å². The lowest BCUT2D eigenvalue weighted by Crippen LogP contribution is -2.41. The van der Waals surface area contributed by atoms with Gasteiger partial charge in [0.15, 0.2) is 9.76 Å². The second-order valence-corrected chi connectivity index (χ2v) is 23.4. The van der Waals surface area contributed by atoms with Crippen molar-refractivity contribution in [3.8, 4) is 11.5 Å². The highest BCUT2D eigenvalue weighted by atomic mass is 28.4. The molecule has 2 aliphatic heterocycles. The molecule has 204 valence electrons. The number of hydrogen-bond acceptors (Lipinski definition) is 11. The average Bonchev–Trinajstić information content (AvgIpc) is 3.86. The number of benzene rings is 2. The summed E-state index contributed by atoms with van der Waals surface area (Å²) in [7, 11) is -7.52. The molecule has 2 fully saturated rings. The van der Waals surface area contributed by atoms with Crippen LogP contribution in [0, 0.1) is 0 Å². The zero-order valence-electron chi connectivity index (χ0n) is 20.9. The summed E-state index contributed by atoms with van der Waals surface area (Å²) >= 11 is 0. The largest absolute Gasteiger partial charge is 0.491 e. The Bertz CT molecular complexity index is 892. The Morgan fingerprint density at radius 1 is 0.703 bits per heavy atom. The molecule has 2 aromatic carbocycles. The van der Waals surface area contributed by atoms with Gasteiger partial charge in [0.2, 0.25) is 0 Å². The van der Waals surface area contributed by atoms with E-state index in [1.165, 1.54) is 5.19 Å². The quantitative estimate of drug-likeness (QED) is 0.0732. The molecule has 3 atom stereocenters. The van der Waals surface area contributed by atoms with Gasteiger partial charge in [0, 0.05) is 0 Å². The Hall–Kier alpha value is -0.585. The van der Waals surface area contributed by atoms with Crippen molar-refractivity contribution >= 4 is 89.9 Å². The van der Waals surface area contributed by atoms with Crippen molar-refractivity contribution < 1.29 is 47.8 Å². The molecule has 0 aromatic heterocycles. The van der Waals surface area contributed by atoms with Crippen LogP contribution in [0.5, 0.6) is 11.5 Å². The zero-order valence-corrected chi connectivity index (χ0v) is 32.6. The lowest BCUT2D eigenvalue weighted by Gasteiger charge is -2.18. The van der Waals surface area contributed by atoms with E-state index in [0.717, 1.165) is 40.4 Å². The molecule has 0 aliphatic carbocycles. The Morgan fingerprint density at radius 3 is 1.78 bits per heavy atom. The highest BCUT2D eigenvalue weighted by molar-refractivity contribution is 6.70. The molecule has 4 rings (SSSR count). The van der Waals surface area contributed by atoms with Crippen molar-refractivity contribution in [3.05, 3.63) is 48.5 Å². The minimum Gasteiger partial charge on any atom is -0.491 e. The van der Waals surface area contributed by atoms with E-state index in [1.54, 1.807) is 0 Å². The molecule has 2 aliphatic rings. The van der Waals surface area contributed by atoms with E-state index in [4.69, 9.17) is 47.8 Å². The number of epoxide rings is 2. The van der Waals surface area contributed by atoms with Crippen LogP contribution in [-0.4, -0.2) is 118 Å². The topological polar surface area (TPSA) is 108 Å². The first-order chi connectivity index (χ1) is 18.3. The van der Waals surface area contributed by atoms with Crippen molar-refractivity contribution in [1.29, 1.82) is 0 Å². The van der Waals surface area contributed by atoms with Crippen LogP contribution < -0.4 is 19.8 Å². The van der Waals surface area contributed by atoms with Crippen molar-refractivity contribution in [3.63, 3.8) is 0 Å². The fraction of sp³-hybridized carbons (Fsp3) is 0.333. The average molecular weight is 651 g/mol. The predicted molar refractivity (Wildman–Crippen MR) is 159 cm³/mol. The third-order valence-electron chi connectivity index (χ3n) is 5.16. The van der Waals surface area contributed by atoms with Crippen LogP contribution in [0.2, 0.25) is 0 Å². The highest BCUT2D eigenvalue weighted by Crippen LogP contribution is 2.14. The molecule has 11 nitrogen and oxygen atoms in total. The van der Waals surface area contributed by atoms with Gasteiger partial charge in [0.05, 0.1) is 13.2 Å². The number of rotatable bonds is 21. The molecule has 2 aromatic rings. The second-order valence-electron chi connectivity index (χ2n) is 8.25. The van der Waals surface area contributed by atoms with Crippen molar-refractivity contribution in [2.75, 3.05) is 26.4 Å². The van der Waals surface area contributed by atoms with Gasteiger partial charge in [-0.3, -0.25) is 0 Å². The third kappa shape index (κ3) is 12.4. The molecular weight excluding hydrogens is 617 g/mol. The fourth-order valence-electron chi connectivity index (χ4n) is 3.03. The van der Waals surface area contributed by atoms with E-state index in [9.17, 15) is 0 Å². The van der Waals surface area contributed by atoms with E-state index >= 15 is 0 Å². The van der Waals surface area contributed by atoms with Crippen molar-refractivity contribution in [2.24, 2.45) is 0 Å². The maximum absolute atomic E-state index is 6.23. The molecule has 0 spiro atoms. The van der Waals surface area contributed by atoms with E-state index in [1.807, 2.05) is 36.4 Å². The molecule has 2 saturated heterocycles. The van der Waals surface area contributed by atoms with Gasteiger partial charge in [0.1, 0.15) is 47.4 Å². The van der Waals surface area contributed by atoms with E-state index in [0.29, 0.717) is 13.2 Å². The summed E-state index contributed by atoms with van der Waals surface area (Å²) in [5.74, 6) is 1.67. The lowest BCUT2D eigenvalue weighted by atomic mass is 10.3. The highest BCUT2D eigenvalue weighted by Gasteiger charge is 2.24. The minimum absolute atomic E-state index is 0.226. The molecular formula is C18H34O11Si8. The molecule has 37 heavy (non-hydrogen) atoms. The monoisotopic (exact) mass is 650 g/mol. The zero-order chi connectivity index (χ0) is 25.5. The maximum Gasteiger partial charge on any atom is 0.337 e. The van der Waals surface area contributed by atoms with Crippen LogP contribution in [0.25, 0.3) is 0 Å². The van der Waals surface area contributed by atoms with Crippen LogP contribution in [0.1, 0.15) is 0 Å². The summed E-state index contributed by atoms with van der Waals surface area (Å²) < 4.78 is 62.1. The van der Waals surface area contributed by atoms with Crippen LogP contribution >= 0.6 is 0 Å². The summed E-state index contributed by atoms with van der Waals surface area (Å²) in [6.07, 6.45) is 0.479. The molecule has 19 heteroatoms. The maximum atomic E-state index is 6.23. The standard InChI is InChI=1S/C18H34O11Si8/c30-23-32-25-33-26-34-27-36-29-37(18-7-3-14(4-8-18)20-10-16-12-22-16)28-35-24-31-17-5-1-13(2-6-17)19-9-15-11-21-15/h1-8,15-16,37H,9-12,31-36H2,30H3. The number of ether oxygens (including phenoxy) is 4. The van der Waals surface area contributed by atoms with Gasteiger partial charge in [0.25, 0.3) is 50.0 Å². The predicted octanol–water partition coefficient (Wildman–Crippen LogP) is -6.53. The van der Waals surface area contributed by atoms with E-state index < -0.39 is 69.1 Å². The van der Waals surface area contributed by atoms with Gasteiger partial charge < -0.3 is 47.8 Å². The van der Waals surface area contributed by atoms with Crippen molar-refractivity contribution in [1.82, 2.24) is 0 Å². The first-order valence-corrected chi connectivity index (χ1v) is 21.4. The van der Waals surface area contributed by atoms with E-state index in [-0.39, 0.29) is 12.2 Å². The Kier molecular flexibility index (Phi) is 13.6. The van der Waals surface area contributed by atoms with Gasteiger partial charge in [-0.2, -0.15) is 0 Å². The van der Waals surface area contributed by atoms with Gasteiger partial charge in [-0.25, -0.2) is 0 Å². The second kappa shape index (κ2) is 17.2. The molecule has 0 bridgehead atoms. The summed E-state index contributed by atoms with van der Waals surface area (Å²) in [5.41, 5.74) is 0. The smallest absolute Gasteiger partial charge is 0.337 e. The van der Waals surface area contributed by atoms with E-state index in [2.05, 4.69) is 12.1 Å². The Balaban J connectivity index is 1.18. The SMILES string of the molecule is [SiH3]O[SiH2]O[SiH2]O[SiH2]O[SiH2]O[SiH](O[SiH2]O[SiH2]c1ccc(OCC2CO2)cc1)c1ccc(OCC2CO2)cc1. The normalized spacial score (nSPS) is 21.0. The molecule has 0 saturated carbocycles. The van der Waals surface area contributed by atoms with Gasteiger partial charge in [-0.05, 0) is 34.6 Å². The van der Waals surface area contributed by atoms with Crippen LogP contribution in [0.15, 0.2) is 48.5 Å². The summed E-state index contributed by atoms with van der Waals surface area (Å²) in [5, 5.41) is 2.25. The molecule has 0 amide bonds. The Morgan fingerprint density at radius 2 is 1.22 bits per heavy atom. The van der Waals surface area contributed by atoms with Crippen LogP contribution in [0.3, 0.4) is 0 Å². The lowest BCUT2D eigenvalue weighted by molar-refractivity contribution is 0.263. The molecule has 0 radical (unpaired) electrons. The van der Waals surface area contributed by atoms with Gasteiger partial charge in [-0.15, -0.1) is 0 Å². The van der Waals surface area contributed by atoms with Gasteiger partial charge in [-0.1, -0.05) is 24.3 Å². The van der Waals surface area contributed by atoms with Crippen LogP contribution in [-0.2, 0) is 38.3 Å². The first-order valence-electron chi connectivity index (χ1n) is 12.0. The van der Waals surface area contributed by atoms with Gasteiger partial charge >= 0.3 is 9.28 Å². The summed E-state index contributed by atoms with van der Waals surface area (Å²) in [4.78, 5) is 0. The first kappa shape index (κ1) is 29.4.